The van der Waals surface area contributed by atoms with Gasteiger partial charge in [0.25, 0.3) is 0 Å². The molecule has 110 valence electrons. The average Bonchev–Trinajstić information content (AvgIpc) is 2.51. The number of hydrazone groups is 1. The highest BCUT2D eigenvalue weighted by atomic mass is 35.5. The third kappa shape index (κ3) is 5.12. The van der Waals surface area contributed by atoms with E-state index in [2.05, 4.69) is 17.5 Å². The smallest absolute Gasteiger partial charge is 0.137 e. The van der Waals surface area contributed by atoms with Crippen LogP contribution in [-0.4, -0.2) is 12.8 Å². The van der Waals surface area contributed by atoms with Gasteiger partial charge in [0.15, 0.2) is 0 Å². The van der Waals surface area contributed by atoms with Crippen LogP contribution < -0.4 is 10.2 Å². The normalized spacial score (nSPS) is 10.8. The number of nitrogens with zero attached hydrogens (tertiary/aromatic N) is 1. The second kappa shape index (κ2) is 8.32. The molecule has 2 aromatic carbocycles. The number of nitrogens with one attached hydrogen (secondary N) is 1. The van der Waals surface area contributed by atoms with E-state index in [1.165, 1.54) is 0 Å². The van der Waals surface area contributed by atoms with Crippen LogP contribution in [0.25, 0.3) is 0 Å². The van der Waals surface area contributed by atoms with E-state index in [-0.39, 0.29) is 0 Å². The lowest BCUT2D eigenvalue weighted by Gasteiger charge is -2.07. The van der Waals surface area contributed by atoms with Gasteiger partial charge in [0, 0.05) is 0 Å². The molecule has 0 aliphatic heterocycles. The maximum Gasteiger partial charge on any atom is 0.137 e. The number of unbranched alkanes of at least 4 members (excludes halogenated alkanes) is 1. The van der Waals surface area contributed by atoms with E-state index < -0.39 is 0 Å². The first-order valence-corrected chi connectivity index (χ1v) is 7.44. The van der Waals surface area contributed by atoms with Crippen LogP contribution in [0.5, 0.6) is 5.75 Å². The molecule has 0 saturated heterocycles. The van der Waals surface area contributed by atoms with E-state index in [1.807, 2.05) is 48.5 Å². The Balaban J connectivity index is 1.93. The summed E-state index contributed by atoms with van der Waals surface area (Å²) in [5, 5.41) is 4.79. The molecule has 3 nitrogen and oxygen atoms in total. The minimum absolute atomic E-state index is 0.606. The summed E-state index contributed by atoms with van der Waals surface area (Å²) in [7, 11) is 0. The highest BCUT2D eigenvalue weighted by Crippen LogP contribution is 2.25. The number of halogens is 1. The van der Waals surface area contributed by atoms with Gasteiger partial charge in [-0.15, -0.1) is 0 Å². The van der Waals surface area contributed by atoms with E-state index in [9.17, 15) is 0 Å². The summed E-state index contributed by atoms with van der Waals surface area (Å²) >= 11 is 6.20. The first-order valence-electron chi connectivity index (χ1n) is 7.06. The lowest BCUT2D eigenvalue weighted by Crippen LogP contribution is -1.97. The van der Waals surface area contributed by atoms with Gasteiger partial charge in [0.1, 0.15) is 5.75 Å². The molecule has 0 radical (unpaired) electrons. The predicted octanol–water partition coefficient (Wildman–Crippen LogP) is 4.96. The Morgan fingerprint density at radius 3 is 2.71 bits per heavy atom. The van der Waals surface area contributed by atoms with Gasteiger partial charge in [-0.3, -0.25) is 5.43 Å². The minimum atomic E-state index is 0.606. The van der Waals surface area contributed by atoms with E-state index in [1.54, 1.807) is 6.21 Å². The third-order valence-electron chi connectivity index (χ3n) is 2.89. The molecule has 0 aromatic heterocycles. The first-order chi connectivity index (χ1) is 10.3. The van der Waals surface area contributed by atoms with Gasteiger partial charge in [-0.05, 0) is 42.3 Å². The van der Waals surface area contributed by atoms with Crippen molar-refractivity contribution >= 4 is 23.5 Å². The zero-order valence-corrected chi connectivity index (χ0v) is 12.8. The molecule has 0 aliphatic rings. The summed E-state index contributed by atoms with van der Waals surface area (Å²) in [6, 6.07) is 15.4. The highest BCUT2D eigenvalue weighted by molar-refractivity contribution is 6.32. The summed E-state index contributed by atoms with van der Waals surface area (Å²) in [4.78, 5) is 0. The molecular formula is C17H19ClN2O. The summed E-state index contributed by atoms with van der Waals surface area (Å²) in [6.07, 6.45) is 3.86. The van der Waals surface area contributed by atoms with Gasteiger partial charge in [-0.2, -0.15) is 5.10 Å². The Hall–Kier alpha value is -2.00. The van der Waals surface area contributed by atoms with Crippen molar-refractivity contribution in [3.05, 3.63) is 59.1 Å². The van der Waals surface area contributed by atoms with E-state index >= 15 is 0 Å². The Labute approximate surface area is 130 Å². The highest BCUT2D eigenvalue weighted by Gasteiger charge is 2.01. The van der Waals surface area contributed by atoms with Gasteiger partial charge in [0.05, 0.1) is 23.5 Å². The van der Waals surface area contributed by atoms with Crippen LogP contribution in [-0.2, 0) is 0 Å². The van der Waals surface area contributed by atoms with Crippen LogP contribution in [0.15, 0.2) is 53.6 Å². The quantitative estimate of drug-likeness (QED) is 0.445. The van der Waals surface area contributed by atoms with Crippen LogP contribution in [0, 0.1) is 0 Å². The van der Waals surface area contributed by atoms with Crippen molar-refractivity contribution in [1.82, 2.24) is 0 Å². The second-order valence-electron chi connectivity index (χ2n) is 4.63. The molecule has 0 saturated carbocycles. The number of ether oxygens (including phenoxy) is 1. The van der Waals surface area contributed by atoms with Gasteiger partial charge in [-0.1, -0.05) is 43.1 Å². The van der Waals surface area contributed by atoms with E-state index in [0.29, 0.717) is 11.6 Å². The zero-order chi connectivity index (χ0) is 14.9. The molecule has 0 fully saturated rings. The maximum absolute atomic E-state index is 6.20. The molecule has 21 heavy (non-hydrogen) atoms. The van der Waals surface area contributed by atoms with Crippen molar-refractivity contribution in [2.75, 3.05) is 12.0 Å². The second-order valence-corrected chi connectivity index (χ2v) is 5.04. The molecule has 0 heterocycles. The Kier molecular flexibility index (Phi) is 6.10. The molecule has 0 amide bonds. The molecule has 4 heteroatoms. The Morgan fingerprint density at radius 1 is 1.19 bits per heavy atom. The molecule has 1 N–H and O–H groups in total. The van der Waals surface area contributed by atoms with Gasteiger partial charge in [0.2, 0.25) is 0 Å². The van der Waals surface area contributed by atoms with Gasteiger partial charge >= 0.3 is 0 Å². The standard InChI is InChI=1S/C17H19ClN2O/c1-2-3-11-21-17-10-9-14(12-16(17)18)13-19-20-15-7-5-4-6-8-15/h4-10,12-13,20H,2-3,11H2,1H3. The molecule has 0 aliphatic carbocycles. The van der Waals surface area contributed by atoms with Crippen molar-refractivity contribution in [3.8, 4) is 5.75 Å². The number of benzene rings is 2. The largest absolute Gasteiger partial charge is 0.492 e. The van der Waals surface area contributed by atoms with Gasteiger partial charge < -0.3 is 4.74 Å². The summed E-state index contributed by atoms with van der Waals surface area (Å²) in [6.45, 7) is 2.82. The maximum atomic E-state index is 6.20. The molecule has 0 bridgehead atoms. The summed E-state index contributed by atoms with van der Waals surface area (Å²) in [5.41, 5.74) is 4.83. The lowest BCUT2D eigenvalue weighted by atomic mass is 10.2. The number of para-hydroxylation sites is 1. The number of anilines is 1. The summed E-state index contributed by atoms with van der Waals surface area (Å²) in [5.74, 6) is 0.721. The molecule has 0 atom stereocenters. The monoisotopic (exact) mass is 302 g/mol. The van der Waals surface area contributed by atoms with Crippen LogP contribution in [0.4, 0.5) is 5.69 Å². The van der Waals surface area contributed by atoms with Gasteiger partial charge in [-0.25, -0.2) is 0 Å². The van der Waals surface area contributed by atoms with Crippen molar-refractivity contribution in [3.63, 3.8) is 0 Å². The fraction of sp³-hybridized carbons (Fsp3) is 0.235. The van der Waals surface area contributed by atoms with Crippen LogP contribution in [0.2, 0.25) is 5.02 Å². The van der Waals surface area contributed by atoms with E-state index in [4.69, 9.17) is 16.3 Å². The SMILES string of the molecule is CCCCOc1ccc(C=NNc2ccccc2)cc1Cl. The molecule has 2 aromatic rings. The fourth-order valence-electron chi connectivity index (χ4n) is 1.73. The van der Waals surface area contributed by atoms with Crippen molar-refractivity contribution in [2.24, 2.45) is 5.10 Å². The van der Waals surface area contributed by atoms with Crippen LogP contribution in [0.3, 0.4) is 0 Å². The Bertz CT molecular complexity index is 585. The van der Waals surface area contributed by atoms with Crippen molar-refractivity contribution in [2.45, 2.75) is 19.8 Å². The zero-order valence-electron chi connectivity index (χ0n) is 12.1. The van der Waals surface area contributed by atoms with Crippen LogP contribution >= 0.6 is 11.6 Å². The van der Waals surface area contributed by atoms with E-state index in [0.717, 1.165) is 29.8 Å². The third-order valence-corrected chi connectivity index (χ3v) is 3.19. The topological polar surface area (TPSA) is 33.6 Å². The number of hydrogen-bond donors (Lipinski definition) is 1. The Morgan fingerprint density at radius 2 is 2.00 bits per heavy atom. The molecule has 0 spiro atoms. The number of hydrogen-bond acceptors (Lipinski definition) is 3. The number of rotatable bonds is 7. The molecular weight excluding hydrogens is 284 g/mol. The van der Waals surface area contributed by atoms with Crippen molar-refractivity contribution < 1.29 is 4.74 Å². The predicted molar refractivity (Wildman–Crippen MR) is 89.5 cm³/mol. The molecule has 2 rings (SSSR count). The first kappa shape index (κ1) is 15.4. The summed E-state index contributed by atoms with van der Waals surface area (Å²) < 4.78 is 5.61. The van der Waals surface area contributed by atoms with Crippen molar-refractivity contribution in [1.29, 1.82) is 0 Å². The molecule has 0 unspecified atom stereocenters. The lowest BCUT2D eigenvalue weighted by molar-refractivity contribution is 0.309. The van der Waals surface area contributed by atoms with Crippen LogP contribution in [0.1, 0.15) is 25.3 Å². The minimum Gasteiger partial charge on any atom is -0.492 e. The fourth-order valence-corrected chi connectivity index (χ4v) is 1.98. The average molecular weight is 303 g/mol.